The molecule has 1 aliphatic heterocycles. The highest BCUT2D eigenvalue weighted by molar-refractivity contribution is 6.32. The average Bonchev–Trinajstić information content (AvgIpc) is 3.51. The van der Waals surface area contributed by atoms with Gasteiger partial charge >= 0.3 is 5.97 Å². The number of rotatable bonds is 12. The third-order valence-electron chi connectivity index (χ3n) is 8.46. The summed E-state index contributed by atoms with van der Waals surface area (Å²) in [5.74, 6) is 0.250. The van der Waals surface area contributed by atoms with Crippen molar-refractivity contribution in [1.29, 1.82) is 5.26 Å². The zero-order chi connectivity index (χ0) is 35.4. The summed E-state index contributed by atoms with van der Waals surface area (Å²) in [5, 5.41) is 23.0. The predicted octanol–water partition coefficient (Wildman–Crippen LogP) is 6.62. The number of esters is 1. The number of nitrogens with one attached hydrogen (secondary N) is 1. The van der Waals surface area contributed by atoms with Gasteiger partial charge in [0.1, 0.15) is 49.5 Å². The van der Waals surface area contributed by atoms with E-state index < -0.39 is 23.9 Å². The van der Waals surface area contributed by atoms with Crippen molar-refractivity contribution in [1.82, 2.24) is 10.3 Å². The molecule has 0 unspecified atom stereocenters. The van der Waals surface area contributed by atoms with E-state index in [4.69, 9.17) is 35.3 Å². The fraction of sp³-hybridized carbons (Fsp3) is 0.342. The highest BCUT2D eigenvalue weighted by atomic mass is 35.5. The molecule has 260 valence electrons. The van der Waals surface area contributed by atoms with Gasteiger partial charge in [0.05, 0.1) is 22.8 Å². The molecule has 3 atom stereocenters. The van der Waals surface area contributed by atoms with E-state index in [1.807, 2.05) is 18.2 Å². The lowest BCUT2D eigenvalue weighted by molar-refractivity contribution is -0.152. The summed E-state index contributed by atoms with van der Waals surface area (Å²) in [5.41, 5.74) is 4.75. The molecule has 12 heteroatoms. The Hall–Kier alpha value is -4.89. The van der Waals surface area contributed by atoms with Crippen molar-refractivity contribution in [3.05, 3.63) is 99.6 Å². The molecular formula is C38H37ClFN3O7. The summed E-state index contributed by atoms with van der Waals surface area (Å²) in [4.78, 5) is 16.8. The molecule has 1 aromatic heterocycles. The molecule has 0 spiro atoms. The maximum Gasteiger partial charge on any atom is 0.326 e. The number of carbonyl (C=O) groups is 1. The minimum absolute atomic E-state index is 0.0858. The van der Waals surface area contributed by atoms with Gasteiger partial charge in [0.25, 0.3) is 0 Å². The monoisotopic (exact) mass is 701 g/mol. The van der Waals surface area contributed by atoms with Crippen LogP contribution in [0.25, 0.3) is 11.1 Å². The minimum atomic E-state index is -1.04. The molecular weight excluding hydrogens is 665 g/mol. The van der Waals surface area contributed by atoms with E-state index in [0.717, 1.165) is 16.7 Å². The lowest BCUT2D eigenvalue weighted by Crippen LogP contribution is -2.46. The number of nitriles is 1. The van der Waals surface area contributed by atoms with Crippen molar-refractivity contribution in [3.8, 4) is 40.2 Å². The van der Waals surface area contributed by atoms with Crippen molar-refractivity contribution in [2.75, 3.05) is 13.2 Å². The van der Waals surface area contributed by atoms with E-state index in [2.05, 4.69) is 16.4 Å². The van der Waals surface area contributed by atoms with Gasteiger partial charge in [-0.2, -0.15) is 5.26 Å². The van der Waals surface area contributed by atoms with Crippen molar-refractivity contribution >= 4 is 17.6 Å². The maximum absolute atomic E-state index is 15.6. The van der Waals surface area contributed by atoms with Gasteiger partial charge in [-0.15, -0.1) is 0 Å². The molecule has 6 rings (SSSR count). The molecule has 0 saturated carbocycles. The van der Waals surface area contributed by atoms with Crippen LogP contribution in [0.3, 0.4) is 0 Å². The van der Waals surface area contributed by atoms with Crippen molar-refractivity contribution < 1.29 is 38.0 Å². The van der Waals surface area contributed by atoms with Crippen LogP contribution in [-0.2, 0) is 29.1 Å². The Bertz CT molecular complexity index is 1930. The summed E-state index contributed by atoms with van der Waals surface area (Å²) >= 11 is 6.82. The van der Waals surface area contributed by atoms with Gasteiger partial charge < -0.3 is 28.8 Å². The molecule has 3 aromatic carbocycles. The van der Waals surface area contributed by atoms with Crippen LogP contribution in [0, 0.1) is 17.1 Å². The summed E-state index contributed by atoms with van der Waals surface area (Å²) in [6, 6.07) is 15.3. The molecule has 2 N–H and O–H groups in total. The van der Waals surface area contributed by atoms with E-state index in [1.165, 1.54) is 13.1 Å². The average molecular weight is 702 g/mol. The van der Waals surface area contributed by atoms with Crippen LogP contribution in [0.4, 0.5) is 4.39 Å². The van der Waals surface area contributed by atoms with Crippen molar-refractivity contribution in [2.24, 2.45) is 0 Å². The lowest BCUT2D eigenvalue weighted by Gasteiger charge is -2.23. The molecule has 50 heavy (non-hydrogen) atoms. The molecule has 0 amide bonds. The Kier molecular flexibility index (Phi) is 10.7. The third-order valence-corrected chi connectivity index (χ3v) is 8.75. The Balaban J connectivity index is 1.28. The normalized spacial score (nSPS) is 15.9. The number of aromatic nitrogens is 1. The van der Waals surface area contributed by atoms with Crippen LogP contribution in [0.5, 0.6) is 23.0 Å². The number of fused-ring (bicyclic) bond motifs is 2. The summed E-state index contributed by atoms with van der Waals surface area (Å²) in [6.45, 7) is 5.82. The van der Waals surface area contributed by atoms with E-state index in [-0.39, 0.29) is 37.7 Å². The van der Waals surface area contributed by atoms with Crippen molar-refractivity contribution in [3.63, 3.8) is 0 Å². The van der Waals surface area contributed by atoms with E-state index in [9.17, 15) is 15.2 Å². The number of benzene rings is 3. The number of hydrogen-bond acceptors (Lipinski definition) is 10. The van der Waals surface area contributed by atoms with Gasteiger partial charge in [-0.1, -0.05) is 29.8 Å². The third kappa shape index (κ3) is 7.63. The zero-order valence-corrected chi connectivity index (χ0v) is 28.6. The van der Waals surface area contributed by atoms with Crippen LogP contribution in [0.15, 0.2) is 60.9 Å². The molecule has 2 aliphatic rings. The largest absolute Gasteiger partial charge is 0.488 e. The first-order chi connectivity index (χ1) is 24.1. The number of ether oxygens (including phenoxy) is 5. The Labute approximate surface area is 294 Å². The van der Waals surface area contributed by atoms with E-state index in [1.54, 1.807) is 50.4 Å². The molecule has 2 heterocycles. The molecule has 0 fully saturated rings. The predicted molar refractivity (Wildman–Crippen MR) is 183 cm³/mol. The van der Waals surface area contributed by atoms with Crippen LogP contribution in [0.1, 0.15) is 61.1 Å². The fourth-order valence-corrected chi connectivity index (χ4v) is 6.37. The highest BCUT2D eigenvalue weighted by Crippen LogP contribution is 2.45. The first-order valence-corrected chi connectivity index (χ1v) is 16.8. The van der Waals surface area contributed by atoms with Crippen molar-refractivity contribution in [2.45, 2.75) is 71.1 Å². The second kappa shape index (κ2) is 15.3. The van der Waals surface area contributed by atoms with Crippen LogP contribution >= 0.6 is 11.6 Å². The smallest absolute Gasteiger partial charge is 0.326 e. The first kappa shape index (κ1) is 35.0. The molecule has 0 radical (unpaired) electrons. The second-order valence-corrected chi connectivity index (χ2v) is 12.8. The first-order valence-electron chi connectivity index (χ1n) is 16.4. The van der Waals surface area contributed by atoms with Gasteiger partial charge in [-0.25, -0.2) is 4.39 Å². The van der Waals surface area contributed by atoms with Gasteiger partial charge in [0.2, 0.25) is 0 Å². The molecule has 1 aliphatic carbocycles. The minimum Gasteiger partial charge on any atom is -0.488 e. The number of carbonyl (C=O) groups excluding carboxylic acids is 1. The molecule has 10 nitrogen and oxygen atoms in total. The SMILES string of the molecule is CC(C)OC(=O)[C@@H](NCc1cc(Cl)c(O[C@H]2CCc3c(-c4ccc5c(c4F)OCCO5)cccc32)cc1OCc1cncc(C#N)c1)[C@@H](C)O. The van der Waals surface area contributed by atoms with Gasteiger partial charge in [-0.05, 0) is 74.6 Å². The topological polar surface area (TPSA) is 132 Å². The van der Waals surface area contributed by atoms with Gasteiger partial charge in [0.15, 0.2) is 17.3 Å². The Morgan fingerprint density at radius 1 is 1.12 bits per heavy atom. The quantitative estimate of drug-likeness (QED) is 0.155. The summed E-state index contributed by atoms with van der Waals surface area (Å²) in [6.07, 6.45) is 2.59. The maximum atomic E-state index is 15.6. The second-order valence-electron chi connectivity index (χ2n) is 12.4. The Morgan fingerprint density at radius 3 is 2.72 bits per heavy atom. The number of halogens is 2. The van der Waals surface area contributed by atoms with Crippen LogP contribution in [-0.4, -0.2) is 47.5 Å². The summed E-state index contributed by atoms with van der Waals surface area (Å²) < 4.78 is 44.9. The number of pyridine rings is 1. The standard InChI is InChI=1S/C38H37ClFN3O7/c1-21(2)49-38(45)36(22(3)44)43-19-25-14-30(39)34(15-33(25)48-20-24-13-23(16-41)17-42-18-24)50-31-9-7-27-26(5-4-6-28(27)31)29-8-10-32-37(35(29)40)47-12-11-46-32/h4-6,8,10,13-15,17-18,21-22,31,36,43-44H,7,9,11-12,19-20H2,1-3H3/t22-,31+,36+/m1/s1. The lowest BCUT2D eigenvalue weighted by atomic mass is 9.96. The molecule has 4 aromatic rings. The molecule has 0 bridgehead atoms. The number of nitrogens with zero attached hydrogens (tertiary/aromatic N) is 2. The Morgan fingerprint density at radius 2 is 1.94 bits per heavy atom. The number of aliphatic hydroxyl groups is 1. The van der Waals surface area contributed by atoms with Crippen LogP contribution in [0.2, 0.25) is 5.02 Å². The summed E-state index contributed by atoms with van der Waals surface area (Å²) in [7, 11) is 0. The van der Waals surface area contributed by atoms with Gasteiger partial charge in [0, 0.05) is 41.7 Å². The van der Waals surface area contributed by atoms with E-state index >= 15 is 4.39 Å². The number of hydrogen-bond donors (Lipinski definition) is 2. The van der Waals surface area contributed by atoms with Gasteiger partial charge in [-0.3, -0.25) is 15.1 Å². The highest BCUT2D eigenvalue weighted by Gasteiger charge is 2.30. The molecule has 0 saturated heterocycles. The number of aliphatic hydroxyl groups excluding tert-OH is 1. The fourth-order valence-electron chi connectivity index (χ4n) is 6.14. The zero-order valence-electron chi connectivity index (χ0n) is 27.9. The van der Waals surface area contributed by atoms with E-state index in [0.29, 0.717) is 64.0 Å². The van der Waals surface area contributed by atoms with Crippen LogP contribution < -0.4 is 24.3 Å².